The van der Waals surface area contributed by atoms with Crippen molar-refractivity contribution >= 4 is 15.7 Å². The Labute approximate surface area is 117 Å². The van der Waals surface area contributed by atoms with E-state index in [9.17, 15) is 8.42 Å². The molecule has 0 spiro atoms. The first-order valence-corrected chi connectivity index (χ1v) is 7.62. The summed E-state index contributed by atoms with van der Waals surface area (Å²) < 4.78 is 30.2. The molecule has 0 aliphatic carbocycles. The van der Waals surface area contributed by atoms with Crippen LogP contribution in [0.4, 0.5) is 5.69 Å². The molecule has 0 saturated heterocycles. The SMILES string of the molecule is CS(=O)(=O)Nc1ccc(Oc2ccccc2)c(C#N)c1. The molecule has 0 heterocycles. The van der Waals surface area contributed by atoms with Crippen LogP contribution in [-0.2, 0) is 10.0 Å². The van der Waals surface area contributed by atoms with Crippen molar-refractivity contribution in [2.45, 2.75) is 0 Å². The molecule has 2 aromatic rings. The standard InChI is InChI=1S/C14H12N2O3S/c1-20(17,18)16-12-7-8-14(11(9-12)10-15)19-13-5-3-2-4-6-13/h2-9,16H,1H3. The van der Waals surface area contributed by atoms with Crippen LogP contribution in [0.2, 0.25) is 0 Å². The van der Waals surface area contributed by atoms with Crippen molar-refractivity contribution in [3.05, 3.63) is 54.1 Å². The van der Waals surface area contributed by atoms with E-state index in [0.29, 0.717) is 17.2 Å². The third-order valence-corrected chi connectivity index (χ3v) is 2.98. The smallest absolute Gasteiger partial charge is 0.229 e. The number of ether oxygens (including phenoxy) is 1. The molecule has 2 aromatic carbocycles. The molecule has 20 heavy (non-hydrogen) atoms. The topological polar surface area (TPSA) is 79.2 Å². The Morgan fingerprint density at radius 3 is 2.45 bits per heavy atom. The Bertz CT molecular complexity index is 750. The first-order chi connectivity index (χ1) is 9.48. The van der Waals surface area contributed by atoms with Gasteiger partial charge in [-0.2, -0.15) is 5.26 Å². The summed E-state index contributed by atoms with van der Waals surface area (Å²) in [5, 5.41) is 9.11. The summed E-state index contributed by atoms with van der Waals surface area (Å²) in [5.41, 5.74) is 0.576. The van der Waals surface area contributed by atoms with Gasteiger partial charge in [-0.05, 0) is 30.3 Å². The minimum Gasteiger partial charge on any atom is -0.456 e. The zero-order valence-electron chi connectivity index (χ0n) is 10.7. The summed E-state index contributed by atoms with van der Waals surface area (Å²) in [6, 6.07) is 15.5. The highest BCUT2D eigenvalue weighted by molar-refractivity contribution is 7.92. The van der Waals surface area contributed by atoms with E-state index in [1.807, 2.05) is 24.3 Å². The van der Waals surface area contributed by atoms with Gasteiger partial charge in [0, 0.05) is 0 Å². The maximum Gasteiger partial charge on any atom is 0.229 e. The lowest BCUT2D eigenvalue weighted by atomic mass is 10.2. The monoisotopic (exact) mass is 288 g/mol. The van der Waals surface area contributed by atoms with E-state index in [1.54, 1.807) is 24.3 Å². The third kappa shape index (κ3) is 3.73. The summed E-state index contributed by atoms with van der Waals surface area (Å²) >= 11 is 0. The molecule has 0 aromatic heterocycles. The quantitative estimate of drug-likeness (QED) is 0.938. The van der Waals surface area contributed by atoms with Crippen molar-refractivity contribution in [3.8, 4) is 17.6 Å². The highest BCUT2D eigenvalue weighted by atomic mass is 32.2. The summed E-state index contributed by atoms with van der Waals surface area (Å²) in [7, 11) is -3.37. The average Bonchev–Trinajstić information content (AvgIpc) is 2.40. The summed E-state index contributed by atoms with van der Waals surface area (Å²) in [6.45, 7) is 0. The van der Waals surface area contributed by atoms with Crippen molar-refractivity contribution < 1.29 is 13.2 Å². The lowest BCUT2D eigenvalue weighted by Crippen LogP contribution is -2.09. The van der Waals surface area contributed by atoms with Crippen LogP contribution in [0, 0.1) is 11.3 Å². The van der Waals surface area contributed by atoms with Gasteiger partial charge in [-0.1, -0.05) is 18.2 Å². The Hall–Kier alpha value is -2.52. The summed E-state index contributed by atoms with van der Waals surface area (Å²) in [6.07, 6.45) is 1.05. The number of benzene rings is 2. The molecule has 5 nitrogen and oxygen atoms in total. The number of hydrogen-bond donors (Lipinski definition) is 1. The Morgan fingerprint density at radius 2 is 1.85 bits per heavy atom. The van der Waals surface area contributed by atoms with Crippen LogP contribution in [0.3, 0.4) is 0 Å². The molecule has 6 heteroatoms. The number of sulfonamides is 1. The molecular weight excluding hydrogens is 276 g/mol. The second-order valence-electron chi connectivity index (χ2n) is 4.11. The number of nitriles is 1. The Morgan fingerprint density at radius 1 is 1.15 bits per heavy atom. The van der Waals surface area contributed by atoms with Crippen LogP contribution in [0.5, 0.6) is 11.5 Å². The lowest BCUT2D eigenvalue weighted by Gasteiger charge is -2.09. The number of hydrogen-bond acceptors (Lipinski definition) is 4. The Kier molecular flexibility index (Phi) is 3.91. The minimum atomic E-state index is -3.37. The zero-order chi connectivity index (χ0) is 14.6. The van der Waals surface area contributed by atoms with E-state index in [1.165, 1.54) is 6.07 Å². The first kappa shape index (κ1) is 13.9. The van der Waals surface area contributed by atoms with E-state index >= 15 is 0 Å². The minimum absolute atomic E-state index is 0.252. The summed E-state index contributed by atoms with van der Waals surface area (Å²) in [4.78, 5) is 0. The van der Waals surface area contributed by atoms with Crippen molar-refractivity contribution in [3.63, 3.8) is 0 Å². The Balaban J connectivity index is 2.30. The maximum atomic E-state index is 11.2. The van der Waals surface area contributed by atoms with Crippen LogP contribution in [-0.4, -0.2) is 14.7 Å². The average molecular weight is 288 g/mol. The highest BCUT2D eigenvalue weighted by Gasteiger charge is 2.08. The van der Waals surface area contributed by atoms with Gasteiger partial charge in [-0.25, -0.2) is 8.42 Å². The van der Waals surface area contributed by atoms with Gasteiger partial charge in [0.1, 0.15) is 17.6 Å². The highest BCUT2D eigenvalue weighted by Crippen LogP contribution is 2.27. The fourth-order valence-electron chi connectivity index (χ4n) is 1.60. The van der Waals surface area contributed by atoms with Gasteiger partial charge in [-0.15, -0.1) is 0 Å². The second-order valence-corrected chi connectivity index (χ2v) is 5.86. The van der Waals surface area contributed by atoms with E-state index in [2.05, 4.69) is 4.72 Å². The third-order valence-electron chi connectivity index (χ3n) is 2.37. The molecule has 0 aliphatic rings. The van der Waals surface area contributed by atoms with Crippen LogP contribution in [0.25, 0.3) is 0 Å². The van der Waals surface area contributed by atoms with Crippen molar-refractivity contribution in [2.24, 2.45) is 0 Å². The van der Waals surface area contributed by atoms with Gasteiger partial charge >= 0.3 is 0 Å². The number of para-hydroxylation sites is 1. The van der Waals surface area contributed by atoms with Crippen molar-refractivity contribution in [1.82, 2.24) is 0 Å². The molecular formula is C14H12N2O3S. The molecule has 0 amide bonds. The molecule has 0 radical (unpaired) electrons. The van der Waals surface area contributed by atoms with Crippen molar-refractivity contribution in [1.29, 1.82) is 5.26 Å². The van der Waals surface area contributed by atoms with E-state index in [4.69, 9.17) is 10.00 Å². The van der Waals surface area contributed by atoms with Crippen molar-refractivity contribution in [2.75, 3.05) is 11.0 Å². The number of rotatable bonds is 4. The second kappa shape index (κ2) is 5.63. The van der Waals surface area contributed by atoms with Crippen LogP contribution >= 0.6 is 0 Å². The predicted molar refractivity (Wildman–Crippen MR) is 76.1 cm³/mol. The molecule has 0 fully saturated rings. The molecule has 0 unspecified atom stereocenters. The molecule has 0 saturated carbocycles. The van der Waals surface area contributed by atoms with Gasteiger partial charge in [-0.3, -0.25) is 4.72 Å². The van der Waals surface area contributed by atoms with E-state index in [-0.39, 0.29) is 5.56 Å². The fraction of sp³-hybridized carbons (Fsp3) is 0.0714. The fourth-order valence-corrected chi connectivity index (χ4v) is 2.15. The number of anilines is 1. The van der Waals surface area contributed by atoms with Gasteiger partial charge in [0.15, 0.2) is 0 Å². The molecule has 0 bridgehead atoms. The predicted octanol–water partition coefficient (Wildman–Crippen LogP) is 2.72. The molecule has 102 valence electrons. The normalized spacial score (nSPS) is 10.6. The number of nitrogens with one attached hydrogen (secondary N) is 1. The summed E-state index contributed by atoms with van der Waals surface area (Å²) in [5.74, 6) is 0.977. The molecule has 0 atom stereocenters. The molecule has 1 N–H and O–H groups in total. The van der Waals surface area contributed by atoms with Gasteiger partial charge in [0.25, 0.3) is 0 Å². The number of nitrogens with zero attached hydrogens (tertiary/aromatic N) is 1. The van der Waals surface area contributed by atoms with Crippen LogP contribution in [0.1, 0.15) is 5.56 Å². The largest absolute Gasteiger partial charge is 0.456 e. The first-order valence-electron chi connectivity index (χ1n) is 5.73. The lowest BCUT2D eigenvalue weighted by molar-refractivity contribution is 0.481. The van der Waals surface area contributed by atoms with Crippen LogP contribution < -0.4 is 9.46 Å². The molecule has 2 rings (SSSR count). The van der Waals surface area contributed by atoms with E-state index < -0.39 is 10.0 Å². The van der Waals surface area contributed by atoms with Gasteiger partial charge in [0.2, 0.25) is 10.0 Å². The van der Waals surface area contributed by atoms with Crippen LogP contribution in [0.15, 0.2) is 48.5 Å². The molecule has 0 aliphatic heterocycles. The zero-order valence-corrected chi connectivity index (χ0v) is 11.5. The maximum absolute atomic E-state index is 11.2. The van der Waals surface area contributed by atoms with E-state index in [0.717, 1.165) is 6.26 Å². The van der Waals surface area contributed by atoms with Gasteiger partial charge in [0.05, 0.1) is 17.5 Å². The van der Waals surface area contributed by atoms with Gasteiger partial charge < -0.3 is 4.74 Å².